The summed E-state index contributed by atoms with van der Waals surface area (Å²) in [5.41, 5.74) is 1.06. The number of rotatable bonds is 10. The van der Waals surface area contributed by atoms with Crippen LogP contribution in [0.1, 0.15) is 50.2 Å². The Balaban J connectivity index is 1.91. The zero-order valence-electron chi connectivity index (χ0n) is 18.3. The van der Waals surface area contributed by atoms with E-state index >= 15 is 0 Å². The summed E-state index contributed by atoms with van der Waals surface area (Å²) in [6.45, 7) is 8.43. The van der Waals surface area contributed by atoms with Crippen molar-refractivity contribution in [1.82, 2.24) is 15.2 Å². The molecule has 0 aliphatic heterocycles. The van der Waals surface area contributed by atoms with Gasteiger partial charge in [0.1, 0.15) is 6.54 Å². The molecule has 1 heterocycles. The van der Waals surface area contributed by atoms with Gasteiger partial charge in [-0.25, -0.2) is 4.98 Å². The number of aromatic nitrogens is 1. The fourth-order valence-corrected chi connectivity index (χ4v) is 3.59. The Morgan fingerprint density at radius 1 is 1.10 bits per heavy atom. The smallest absolute Gasteiger partial charge is 0.254 e. The fraction of sp³-hybridized carbons (Fsp3) is 0.455. The molecule has 1 aromatic heterocycles. The predicted molar refractivity (Wildman–Crippen MR) is 125 cm³/mol. The lowest BCUT2D eigenvalue weighted by Crippen LogP contribution is -2.42. The number of benzene rings is 1. The second-order valence-electron chi connectivity index (χ2n) is 7.94. The molecule has 2 rings (SSSR count). The minimum Gasteiger partial charge on any atom is -0.356 e. The Labute approximate surface area is 192 Å². The van der Waals surface area contributed by atoms with Gasteiger partial charge in [0.25, 0.3) is 5.91 Å². The molecule has 7 nitrogen and oxygen atoms in total. The molecule has 9 heteroatoms. The van der Waals surface area contributed by atoms with Crippen LogP contribution >= 0.6 is 22.9 Å². The van der Waals surface area contributed by atoms with Crippen molar-refractivity contribution in [2.75, 3.05) is 18.4 Å². The van der Waals surface area contributed by atoms with Crippen molar-refractivity contribution in [1.29, 1.82) is 0 Å². The number of carbonyl (C=O) groups is 3. The molecule has 168 valence electrons. The molecule has 0 spiro atoms. The fourth-order valence-electron chi connectivity index (χ4n) is 2.73. The molecule has 0 bridgehead atoms. The Morgan fingerprint density at radius 2 is 1.77 bits per heavy atom. The molecular weight excluding hydrogens is 436 g/mol. The normalized spacial score (nSPS) is 10.9. The summed E-state index contributed by atoms with van der Waals surface area (Å²) in [7, 11) is 0. The van der Waals surface area contributed by atoms with Crippen molar-refractivity contribution in [2.24, 2.45) is 5.92 Å². The number of anilines is 1. The molecule has 0 aliphatic rings. The summed E-state index contributed by atoms with van der Waals surface area (Å²) >= 11 is 7.13. The van der Waals surface area contributed by atoms with Crippen molar-refractivity contribution in [3.8, 4) is 0 Å². The SMILES string of the molecule is CC(C)CCNC(=O)Cc1csc(NC(=O)CN(C(=O)c2ccc(Cl)cc2)C(C)C)n1. The Kier molecular flexibility index (Phi) is 9.45. The zero-order chi connectivity index (χ0) is 23.0. The van der Waals surface area contributed by atoms with E-state index in [2.05, 4.69) is 29.5 Å². The lowest BCUT2D eigenvalue weighted by Gasteiger charge is -2.26. The molecule has 0 fully saturated rings. The number of amides is 3. The van der Waals surface area contributed by atoms with Crippen LogP contribution in [0.5, 0.6) is 0 Å². The quantitative estimate of drug-likeness (QED) is 0.556. The Bertz CT molecular complexity index is 896. The van der Waals surface area contributed by atoms with Gasteiger partial charge in [-0.1, -0.05) is 25.4 Å². The third-order valence-corrected chi connectivity index (χ3v) is 5.53. The van der Waals surface area contributed by atoms with Crippen molar-refractivity contribution < 1.29 is 14.4 Å². The van der Waals surface area contributed by atoms with E-state index in [-0.39, 0.29) is 36.7 Å². The molecule has 0 radical (unpaired) electrons. The average Bonchev–Trinajstić information content (AvgIpc) is 3.12. The number of thiazole rings is 1. The zero-order valence-corrected chi connectivity index (χ0v) is 19.8. The number of hydrogen-bond donors (Lipinski definition) is 2. The van der Waals surface area contributed by atoms with Gasteiger partial charge in [0, 0.05) is 28.6 Å². The van der Waals surface area contributed by atoms with Crippen LogP contribution in [-0.4, -0.2) is 46.7 Å². The molecule has 0 unspecified atom stereocenters. The third kappa shape index (κ3) is 8.30. The van der Waals surface area contributed by atoms with Gasteiger partial charge in [0.2, 0.25) is 11.8 Å². The second kappa shape index (κ2) is 11.8. The van der Waals surface area contributed by atoms with E-state index in [9.17, 15) is 14.4 Å². The lowest BCUT2D eigenvalue weighted by atomic mass is 10.1. The monoisotopic (exact) mass is 464 g/mol. The van der Waals surface area contributed by atoms with Gasteiger partial charge in [-0.15, -0.1) is 11.3 Å². The van der Waals surface area contributed by atoms with Gasteiger partial charge >= 0.3 is 0 Å². The molecule has 2 aromatic rings. The summed E-state index contributed by atoms with van der Waals surface area (Å²) in [6, 6.07) is 6.39. The minimum absolute atomic E-state index is 0.0941. The van der Waals surface area contributed by atoms with Crippen LogP contribution < -0.4 is 10.6 Å². The number of halogens is 1. The number of hydrogen-bond acceptors (Lipinski definition) is 5. The number of nitrogens with one attached hydrogen (secondary N) is 2. The van der Waals surface area contributed by atoms with Gasteiger partial charge in [-0.3, -0.25) is 14.4 Å². The standard InChI is InChI=1S/C22H29ClN4O3S/c1-14(2)9-10-24-19(28)11-18-13-31-22(25-18)26-20(29)12-27(15(3)4)21(30)16-5-7-17(23)8-6-16/h5-8,13-15H,9-12H2,1-4H3,(H,24,28)(H,25,26,29). The summed E-state index contributed by atoms with van der Waals surface area (Å²) < 4.78 is 0. The van der Waals surface area contributed by atoms with E-state index in [1.807, 2.05) is 13.8 Å². The van der Waals surface area contributed by atoms with Crippen molar-refractivity contribution in [3.05, 3.63) is 45.9 Å². The summed E-state index contributed by atoms with van der Waals surface area (Å²) in [4.78, 5) is 43.1. The van der Waals surface area contributed by atoms with Crippen molar-refractivity contribution in [3.63, 3.8) is 0 Å². The van der Waals surface area contributed by atoms with Crippen LogP contribution in [-0.2, 0) is 16.0 Å². The third-order valence-electron chi connectivity index (χ3n) is 4.47. The maximum absolute atomic E-state index is 12.8. The highest BCUT2D eigenvalue weighted by Gasteiger charge is 2.22. The second-order valence-corrected chi connectivity index (χ2v) is 9.23. The van der Waals surface area contributed by atoms with Crippen LogP contribution in [0.2, 0.25) is 5.02 Å². The van der Waals surface area contributed by atoms with E-state index in [1.165, 1.54) is 16.2 Å². The average molecular weight is 465 g/mol. The van der Waals surface area contributed by atoms with E-state index < -0.39 is 0 Å². The van der Waals surface area contributed by atoms with Gasteiger partial charge < -0.3 is 15.5 Å². The molecule has 0 saturated heterocycles. The van der Waals surface area contributed by atoms with E-state index in [0.717, 1.165) is 6.42 Å². The highest BCUT2D eigenvalue weighted by Crippen LogP contribution is 2.17. The first-order valence-corrected chi connectivity index (χ1v) is 11.5. The molecule has 1 aromatic carbocycles. The highest BCUT2D eigenvalue weighted by atomic mass is 35.5. The number of nitrogens with zero attached hydrogens (tertiary/aromatic N) is 2. The summed E-state index contributed by atoms with van der Waals surface area (Å²) in [5.74, 6) is -0.167. The molecule has 0 saturated carbocycles. The summed E-state index contributed by atoms with van der Waals surface area (Å²) in [5, 5.41) is 8.27. The molecule has 0 aliphatic carbocycles. The van der Waals surface area contributed by atoms with E-state index in [0.29, 0.717) is 33.9 Å². The summed E-state index contributed by atoms with van der Waals surface area (Å²) in [6.07, 6.45) is 1.09. The first-order valence-electron chi connectivity index (χ1n) is 10.2. The Hall–Kier alpha value is -2.45. The maximum atomic E-state index is 12.8. The molecule has 3 amide bonds. The van der Waals surface area contributed by atoms with E-state index in [1.54, 1.807) is 29.6 Å². The van der Waals surface area contributed by atoms with Crippen LogP contribution in [0.3, 0.4) is 0 Å². The molecular formula is C22H29ClN4O3S. The van der Waals surface area contributed by atoms with Crippen molar-refractivity contribution >= 4 is 45.8 Å². The topological polar surface area (TPSA) is 91.4 Å². The van der Waals surface area contributed by atoms with E-state index in [4.69, 9.17) is 11.6 Å². The van der Waals surface area contributed by atoms with Gasteiger partial charge in [0.05, 0.1) is 12.1 Å². The molecule has 2 N–H and O–H groups in total. The maximum Gasteiger partial charge on any atom is 0.254 e. The van der Waals surface area contributed by atoms with Crippen molar-refractivity contribution in [2.45, 2.75) is 46.6 Å². The van der Waals surface area contributed by atoms with Gasteiger partial charge in [-0.2, -0.15) is 0 Å². The van der Waals surface area contributed by atoms with Crippen LogP contribution in [0.25, 0.3) is 0 Å². The molecule has 31 heavy (non-hydrogen) atoms. The Morgan fingerprint density at radius 3 is 2.39 bits per heavy atom. The van der Waals surface area contributed by atoms with Gasteiger partial charge in [-0.05, 0) is 50.5 Å². The first-order chi connectivity index (χ1) is 14.7. The largest absolute Gasteiger partial charge is 0.356 e. The highest BCUT2D eigenvalue weighted by molar-refractivity contribution is 7.13. The first kappa shape index (κ1) is 24.8. The molecule has 0 atom stereocenters. The predicted octanol–water partition coefficient (Wildman–Crippen LogP) is 3.99. The number of carbonyl (C=O) groups excluding carboxylic acids is 3. The lowest BCUT2D eigenvalue weighted by molar-refractivity contribution is -0.120. The minimum atomic E-state index is -0.349. The van der Waals surface area contributed by atoms with Gasteiger partial charge in [0.15, 0.2) is 5.13 Å². The van der Waals surface area contributed by atoms with Crippen LogP contribution in [0, 0.1) is 5.92 Å². The van der Waals surface area contributed by atoms with Crippen LogP contribution in [0.4, 0.5) is 5.13 Å². The van der Waals surface area contributed by atoms with Crippen LogP contribution in [0.15, 0.2) is 29.6 Å².